The van der Waals surface area contributed by atoms with E-state index < -0.39 is 49.3 Å². The highest BCUT2D eigenvalue weighted by Gasteiger charge is 2.71. The molecule has 1 aromatic carbocycles. The van der Waals surface area contributed by atoms with E-state index in [2.05, 4.69) is 5.09 Å². The molecule has 0 radical (unpaired) electrons. The van der Waals surface area contributed by atoms with E-state index in [4.69, 9.17) is 33.9 Å². The monoisotopic (exact) mass is 496 g/mol. The minimum absolute atomic E-state index is 0.0298. The summed E-state index contributed by atoms with van der Waals surface area (Å²) in [7, 11) is -4.00. The Balaban J connectivity index is 1.72. The van der Waals surface area contributed by atoms with Crippen LogP contribution in [0, 0.1) is 0 Å². The maximum absolute atomic E-state index is 13.9. The Labute approximate surface area is 197 Å². The molecule has 0 aromatic heterocycles. The molecule has 3 aliphatic rings. The molecule has 1 unspecified atom stereocenters. The summed E-state index contributed by atoms with van der Waals surface area (Å²) in [5, 5.41) is 2.61. The van der Waals surface area contributed by atoms with E-state index in [0.29, 0.717) is 5.56 Å². The number of esters is 2. The highest BCUT2D eigenvalue weighted by Crippen LogP contribution is 2.64. The van der Waals surface area contributed by atoms with Gasteiger partial charge in [0.25, 0.3) is 0 Å². The van der Waals surface area contributed by atoms with E-state index in [1.165, 1.54) is 0 Å². The molecule has 11 nitrogen and oxygen atoms in total. The van der Waals surface area contributed by atoms with E-state index >= 15 is 0 Å². The van der Waals surface area contributed by atoms with Crippen molar-refractivity contribution in [3.8, 4) is 0 Å². The van der Waals surface area contributed by atoms with Crippen molar-refractivity contribution in [2.24, 2.45) is 5.73 Å². The van der Waals surface area contributed by atoms with Gasteiger partial charge in [0.2, 0.25) is 0 Å². The summed E-state index contributed by atoms with van der Waals surface area (Å²) in [6, 6.07) is 8.42. The zero-order valence-electron chi connectivity index (χ0n) is 19.4. The van der Waals surface area contributed by atoms with Crippen molar-refractivity contribution < 1.29 is 42.4 Å². The lowest BCUT2D eigenvalue weighted by atomic mass is 9.86. The van der Waals surface area contributed by atoms with Gasteiger partial charge in [-0.15, -0.1) is 0 Å². The standard InChI is InChI=1S/C22H29N2O9P/c1-5-28-19(26)15-16(23)22(24-34(15,27)30-6-2)14(31-20-17(22)32-21(3,4)33-20)12-29-18(25)13-10-8-7-9-11-13/h7-11,14,17,20H,5-6,12,23H2,1-4H3,(H,24,27)/t14-,17+,20-,22+,34?/m1/s1. The zero-order valence-corrected chi connectivity index (χ0v) is 20.3. The van der Waals surface area contributed by atoms with Crippen molar-refractivity contribution >= 4 is 19.5 Å². The summed E-state index contributed by atoms with van der Waals surface area (Å²) in [6.07, 6.45) is -2.85. The van der Waals surface area contributed by atoms with Crippen molar-refractivity contribution in [2.45, 2.75) is 57.5 Å². The number of ether oxygens (including phenoxy) is 5. The first-order chi connectivity index (χ1) is 16.1. The number of fused-ring (bicyclic) bond motifs is 2. The average Bonchev–Trinajstić information content (AvgIpc) is 3.32. The molecule has 1 spiro atoms. The molecule has 0 bridgehead atoms. The molecule has 2 saturated heterocycles. The van der Waals surface area contributed by atoms with Crippen LogP contribution in [-0.2, 0) is 37.6 Å². The van der Waals surface area contributed by atoms with Gasteiger partial charge in [-0.1, -0.05) is 18.2 Å². The molecule has 2 fully saturated rings. The third kappa shape index (κ3) is 4.06. The van der Waals surface area contributed by atoms with E-state index in [0.717, 1.165) is 0 Å². The van der Waals surface area contributed by atoms with E-state index in [1.807, 2.05) is 0 Å². The van der Waals surface area contributed by atoms with Gasteiger partial charge >= 0.3 is 19.5 Å². The van der Waals surface area contributed by atoms with Crippen LogP contribution in [0.25, 0.3) is 0 Å². The molecule has 12 heteroatoms. The van der Waals surface area contributed by atoms with Crippen molar-refractivity contribution in [3.63, 3.8) is 0 Å². The van der Waals surface area contributed by atoms with E-state index in [-0.39, 0.29) is 30.8 Å². The van der Waals surface area contributed by atoms with Crippen LogP contribution in [-0.4, -0.2) is 61.6 Å². The van der Waals surface area contributed by atoms with Gasteiger partial charge in [-0.2, -0.15) is 0 Å². The number of carbonyl (C=O) groups excluding carboxylic acids is 2. The van der Waals surface area contributed by atoms with Gasteiger partial charge in [0.15, 0.2) is 17.4 Å². The number of hydrogen-bond donors (Lipinski definition) is 2. The number of hydrogen-bond acceptors (Lipinski definition) is 10. The highest BCUT2D eigenvalue weighted by atomic mass is 31.2. The van der Waals surface area contributed by atoms with Crippen molar-refractivity contribution in [1.29, 1.82) is 0 Å². The first kappa shape index (κ1) is 24.8. The van der Waals surface area contributed by atoms with Crippen LogP contribution in [0.3, 0.4) is 0 Å². The highest BCUT2D eigenvalue weighted by molar-refractivity contribution is 7.63. The van der Waals surface area contributed by atoms with Gasteiger partial charge in [0.1, 0.15) is 24.4 Å². The Morgan fingerprint density at radius 1 is 1.09 bits per heavy atom. The maximum Gasteiger partial charge on any atom is 0.347 e. The van der Waals surface area contributed by atoms with Gasteiger partial charge in [-0.25, -0.2) is 14.7 Å². The van der Waals surface area contributed by atoms with Crippen molar-refractivity contribution in [3.05, 3.63) is 46.9 Å². The summed E-state index contributed by atoms with van der Waals surface area (Å²) < 4.78 is 48.0. The van der Waals surface area contributed by atoms with Gasteiger partial charge in [-0.3, -0.25) is 4.57 Å². The maximum atomic E-state index is 13.9. The fraction of sp³-hybridized carbons (Fsp3) is 0.545. The summed E-state index contributed by atoms with van der Waals surface area (Å²) in [5.74, 6) is -2.50. The second kappa shape index (κ2) is 9.07. The second-order valence-corrected chi connectivity index (χ2v) is 10.5. The van der Waals surface area contributed by atoms with Gasteiger partial charge in [-0.05, 0) is 39.8 Å². The number of carbonyl (C=O) groups is 2. The molecular formula is C22H29N2O9P. The van der Waals surface area contributed by atoms with Crippen molar-refractivity contribution in [2.75, 3.05) is 19.8 Å². The van der Waals surface area contributed by atoms with Crippen LogP contribution in [0.4, 0.5) is 0 Å². The number of nitrogens with one attached hydrogen (secondary N) is 1. The van der Waals surface area contributed by atoms with Crippen LogP contribution in [0.5, 0.6) is 0 Å². The van der Waals surface area contributed by atoms with Crippen LogP contribution in [0.2, 0.25) is 0 Å². The van der Waals surface area contributed by atoms with E-state index in [1.54, 1.807) is 58.0 Å². The third-order valence-electron chi connectivity index (χ3n) is 5.80. The molecule has 3 aliphatic heterocycles. The minimum atomic E-state index is -4.00. The van der Waals surface area contributed by atoms with Crippen LogP contribution >= 0.6 is 7.52 Å². The minimum Gasteiger partial charge on any atom is -0.462 e. The molecule has 5 atom stereocenters. The Morgan fingerprint density at radius 3 is 2.44 bits per heavy atom. The fourth-order valence-corrected chi connectivity index (χ4v) is 6.81. The molecular weight excluding hydrogens is 467 g/mol. The molecule has 3 heterocycles. The summed E-state index contributed by atoms with van der Waals surface area (Å²) in [6.45, 7) is 6.42. The predicted molar refractivity (Wildman–Crippen MR) is 118 cm³/mol. The number of benzene rings is 1. The molecule has 0 saturated carbocycles. The largest absolute Gasteiger partial charge is 0.462 e. The lowest BCUT2D eigenvalue weighted by Crippen LogP contribution is -2.60. The van der Waals surface area contributed by atoms with Gasteiger partial charge in [0.05, 0.1) is 24.5 Å². The topological polar surface area (TPSA) is 145 Å². The molecule has 0 amide bonds. The summed E-state index contributed by atoms with van der Waals surface area (Å²) >= 11 is 0. The van der Waals surface area contributed by atoms with E-state index in [9.17, 15) is 14.2 Å². The Morgan fingerprint density at radius 2 is 1.79 bits per heavy atom. The average molecular weight is 496 g/mol. The van der Waals surface area contributed by atoms with Gasteiger partial charge in [0, 0.05) is 0 Å². The van der Waals surface area contributed by atoms with Crippen LogP contribution in [0.15, 0.2) is 41.3 Å². The SMILES string of the molecule is CCOC(=O)C1=C(N)[C@@]2(NP1(=O)OCC)[C@@H](COC(=O)c1ccccc1)O[C@@H]1OC(C)(C)O[C@@H]12. The quantitative estimate of drug-likeness (QED) is 0.422. The third-order valence-corrected chi connectivity index (χ3v) is 8.09. The second-order valence-electron chi connectivity index (χ2n) is 8.45. The lowest BCUT2D eigenvalue weighted by Gasteiger charge is -2.36. The lowest BCUT2D eigenvalue weighted by molar-refractivity contribution is -0.214. The Kier molecular flexibility index (Phi) is 6.63. The summed E-state index contributed by atoms with van der Waals surface area (Å²) in [5.41, 5.74) is 5.21. The smallest absolute Gasteiger partial charge is 0.347 e. The number of rotatable bonds is 7. The Hall–Kier alpha value is -2.27. The fourth-order valence-electron chi connectivity index (χ4n) is 4.45. The summed E-state index contributed by atoms with van der Waals surface area (Å²) in [4.78, 5) is 25.4. The van der Waals surface area contributed by atoms with Crippen LogP contribution < -0.4 is 10.8 Å². The first-order valence-corrected chi connectivity index (χ1v) is 12.7. The first-order valence-electron chi connectivity index (χ1n) is 11.0. The molecule has 3 N–H and O–H groups in total. The molecule has 186 valence electrons. The molecule has 4 rings (SSSR count). The molecule has 34 heavy (non-hydrogen) atoms. The zero-order chi connectivity index (χ0) is 24.7. The number of nitrogens with two attached hydrogens (primary N) is 1. The molecule has 0 aliphatic carbocycles. The molecule has 1 aromatic rings. The predicted octanol–water partition coefficient (Wildman–Crippen LogP) is 2.02. The Bertz CT molecular complexity index is 1040. The van der Waals surface area contributed by atoms with Crippen LogP contribution in [0.1, 0.15) is 38.1 Å². The van der Waals surface area contributed by atoms with Crippen molar-refractivity contribution in [1.82, 2.24) is 5.09 Å². The van der Waals surface area contributed by atoms with Gasteiger partial charge < -0.3 is 33.9 Å². The normalized spacial score (nSPS) is 33.8.